The second kappa shape index (κ2) is 8.72. The number of hydrogen-bond donors (Lipinski definition) is 0. The Balaban J connectivity index is 1.72. The van der Waals surface area contributed by atoms with E-state index >= 15 is 0 Å². The molecule has 0 radical (unpaired) electrons. The van der Waals surface area contributed by atoms with Crippen molar-refractivity contribution in [3.63, 3.8) is 0 Å². The first kappa shape index (κ1) is 18.3. The van der Waals surface area contributed by atoms with Gasteiger partial charge in [-0.2, -0.15) is 11.8 Å². The summed E-state index contributed by atoms with van der Waals surface area (Å²) in [4.78, 5) is 26.6. The van der Waals surface area contributed by atoms with Crippen LogP contribution in [0.15, 0.2) is 47.4 Å². The molecule has 1 aliphatic carbocycles. The molecule has 130 valence electrons. The Hall–Kier alpha value is -1.52. The predicted molar refractivity (Wildman–Crippen MR) is 107 cm³/mol. The van der Waals surface area contributed by atoms with Crippen LogP contribution < -0.4 is 0 Å². The zero-order valence-electron chi connectivity index (χ0n) is 14.4. The second-order valence-electron chi connectivity index (χ2n) is 6.14. The van der Waals surface area contributed by atoms with Crippen LogP contribution in [-0.2, 0) is 0 Å². The van der Waals surface area contributed by atoms with E-state index in [4.69, 9.17) is 0 Å². The largest absolute Gasteiger partial charge is 0.289 e. The van der Waals surface area contributed by atoms with Gasteiger partial charge in [0.2, 0.25) is 0 Å². The van der Waals surface area contributed by atoms with Gasteiger partial charge < -0.3 is 0 Å². The topological polar surface area (TPSA) is 34.1 Å². The number of benzene rings is 2. The van der Waals surface area contributed by atoms with Crippen LogP contribution in [0.5, 0.6) is 0 Å². The molecule has 0 unspecified atom stereocenters. The molecule has 2 aromatic rings. The molecule has 2 nitrogen and oxygen atoms in total. The number of carbonyl (C=O) groups is 2. The SMILES string of the molecule is CSCCCCCCSc1cccc2c1C(=O)c1ccccc1C2=O. The Labute approximate surface area is 157 Å². The van der Waals surface area contributed by atoms with Crippen LogP contribution in [0.25, 0.3) is 0 Å². The Kier molecular flexibility index (Phi) is 6.38. The van der Waals surface area contributed by atoms with Gasteiger partial charge in [-0.3, -0.25) is 9.59 Å². The molecule has 25 heavy (non-hydrogen) atoms. The van der Waals surface area contributed by atoms with Crippen LogP contribution in [0.3, 0.4) is 0 Å². The number of thioether (sulfide) groups is 2. The Morgan fingerprint density at radius 3 is 2.08 bits per heavy atom. The summed E-state index contributed by atoms with van der Waals surface area (Å²) in [5.74, 6) is 2.16. The van der Waals surface area contributed by atoms with Gasteiger partial charge in [-0.25, -0.2) is 0 Å². The first-order chi connectivity index (χ1) is 12.2. The Morgan fingerprint density at radius 1 is 0.720 bits per heavy atom. The molecule has 0 aliphatic heterocycles. The van der Waals surface area contributed by atoms with Gasteiger partial charge in [-0.05, 0) is 36.7 Å². The lowest BCUT2D eigenvalue weighted by molar-refractivity contribution is 0.0977. The first-order valence-electron chi connectivity index (χ1n) is 8.67. The maximum atomic E-state index is 12.9. The summed E-state index contributed by atoms with van der Waals surface area (Å²) in [5.41, 5.74) is 2.20. The van der Waals surface area contributed by atoms with Crippen LogP contribution in [0.4, 0.5) is 0 Å². The van der Waals surface area contributed by atoms with Gasteiger partial charge >= 0.3 is 0 Å². The summed E-state index contributed by atoms with van der Waals surface area (Å²) in [6.07, 6.45) is 7.04. The number of fused-ring (bicyclic) bond motifs is 2. The molecule has 0 amide bonds. The Bertz CT molecular complexity index is 783. The second-order valence-corrected chi connectivity index (χ2v) is 8.26. The van der Waals surface area contributed by atoms with E-state index in [1.54, 1.807) is 30.0 Å². The standard InChI is InChI=1S/C21H22O2S2/c1-24-13-6-2-3-7-14-25-18-12-8-11-17-19(18)21(23)16-10-5-4-9-15(16)20(17)22/h4-5,8-12H,2-3,6-7,13-14H2,1H3. The highest BCUT2D eigenvalue weighted by Gasteiger charge is 2.31. The van der Waals surface area contributed by atoms with Crippen LogP contribution in [0, 0.1) is 0 Å². The van der Waals surface area contributed by atoms with Crippen molar-refractivity contribution < 1.29 is 9.59 Å². The predicted octanol–water partition coefficient (Wildman–Crippen LogP) is 5.48. The van der Waals surface area contributed by atoms with E-state index in [-0.39, 0.29) is 11.6 Å². The number of hydrogen-bond acceptors (Lipinski definition) is 4. The smallest absolute Gasteiger partial charge is 0.195 e. The van der Waals surface area contributed by atoms with Crippen molar-refractivity contribution in [3.05, 3.63) is 64.7 Å². The van der Waals surface area contributed by atoms with Gasteiger partial charge in [-0.1, -0.05) is 49.2 Å². The highest BCUT2D eigenvalue weighted by atomic mass is 32.2. The monoisotopic (exact) mass is 370 g/mol. The normalized spacial score (nSPS) is 12.8. The van der Waals surface area contributed by atoms with E-state index in [1.165, 1.54) is 25.0 Å². The first-order valence-corrected chi connectivity index (χ1v) is 11.0. The van der Waals surface area contributed by atoms with Crippen LogP contribution in [0.2, 0.25) is 0 Å². The number of unbranched alkanes of at least 4 members (excludes halogenated alkanes) is 3. The van der Waals surface area contributed by atoms with Crippen molar-refractivity contribution in [2.75, 3.05) is 17.8 Å². The lowest BCUT2D eigenvalue weighted by Gasteiger charge is -2.19. The van der Waals surface area contributed by atoms with E-state index in [9.17, 15) is 9.59 Å². The fourth-order valence-electron chi connectivity index (χ4n) is 3.12. The maximum Gasteiger partial charge on any atom is 0.195 e. The van der Waals surface area contributed by atoms with Crippen molar-refractivity contribution in [2.45, 2.75) is 30.6 Å². The van der Waals surface area contributed by atoms with E-state index in [2.05, 4.69) is 6.26 Å². The molecule has 1 aliphatic rings. The van der Waals surface area contributed by atoms with Crippen LogP contribution >= 0.6 is 23.5 Å². The number of rotatable bonds is 8. The number of carbonyl (C=O) groups excluding carboxylic acids is 2. The average Bonchev–Trinajstić information content (AvgIpc) is 2.65. The maximum absolute atomic E-state index is 12.9. The van der Waals surface area contributed by atoms with E-state index < -0.39 is 0 Å². The van der Waals surface area contributed by atoms with Gasteiger partial charge in [0, 0.05) is 27.1 Å². The van der Waals surface area contributed by atoms with Gasteiger partial charge in [0.05, 0.1) is 0 Å². The number of ketones is 2. The molecule has 0 bridgehead atoms. The van der Waals surface area contributed by atoms with Crippen molar-refractivity contribution in [1.29, 1.82) is 0 Å². The minimum atomic E-state index is -0.0373. The van der Waals surface area contributed by atoms with Crippen LogP contribution in [0.1, 0.15) is 57.5 Å². The fourth-order valence-corrected chi connectivity index (χ4v) is 4.70. The zero-order chi connectivity index (χ0) is 17.6. The van der Waals surface area contributed by atoms with Gasteiger partial charge in [0.15, 0.2) is 11.6 Å². The fraction of sp³-hybridized carbons (Fsp3) is 0.333. The lowest BCUT2D eigenvalue weighted by atomic mass is 9.84. The molecule has 0 saturated heterocycles. The molecule has 2 aromatic carbocycles. The van der Waals surface area contributed by atoms with Gasteiger partial charge in [0.1, 0.15) is 0 Å². The van der Waals surface area contributed by atoms with Gasteiger partial charge in [-0.15, -0.1) is 11.8 Å². The van der Waals surface area contributed by atoms with E-state index in [0.717, 1.165) is 17.1 Å². The average molecular weight is 371 g/mol. The molecular weight excluding hydrogens is 348 g/mol. The van der Waals surface area contributed by atoms with E-state index in [0.29, 0.717) is 22.3 Å². The molecule has 3 rings (SSSR count). The quantitative estimate of drug-likeness (QED) is 0.388. The summed E-state index contributed by atoms with van der Waals surface area (Å²) >= 11 is 3.60. The Morgan fingerprint density at radius 2 is 1.36 bits per heavy atom. The molecule has 4 heteroatoms. The molecule has 0 N–H and O–H groups in total. The third kappa shape index (κ3) is 4.01. The summed E-state index contributed by atoms with van der Waals surface area (Å²) in [7, 11) is 0. The zero-order valence-corrected chi connectivity index (χ0v) is 16.1. The van der Waals surface area contributed by atoms with Crippen molar-refractivity contribution in [2.24, 2.45) is 0 Å². The van der Waals surface area contributed by atoms with Crippen molar-refractivity contribution >= 4 is 35.1 Å². The molecule has 0 spiro atoms. The lowest BCUT2D eigenvalue weighted by Crippen LogP contribution is -2.21. The van der Waals surface area contributed by atoms with Crippen molar-refractivity contribution in [1.82, 2.24) is 0 Å². The third-order valence-electron chi connectivity index (χ3n) is 4.41. The molecule has 0 heterocycles. The van der Waals surface area contributed by atoms with Crippen LogP contribution in [-0.4, -0.2) is 29.3 Å². The summed E-state index contributed by atoms with van der Waals surface area (Å²) < 4.78 is 0. The molecule has 0 aromatic heterocycles. The molecule has 0 saturated carbocycles. The summed E-state index contributed by atoms with van der Waals surface area (Å²) in [6, 6.07) is 12.8. The molecule has 0 atom stereocenters. The van der Waals surface area contributed by atoms with Crippen molar-refractivity contribution in [3.8, 4) is 0 Å². The molecular formula is C21H22O2S2. The highest BCUT2D eigenvalue weighted by Crippen LogP contribution is 2.34. The molecule has 0 fully saturated rings. The minimum absolute atomic E-state index is 0.0201. The minimum Gasteiger partial charge on any atom is -0.289 e. The van der Waals surface area contributed by atoms with Gasteiger partial charge in [0.25, 0.3) is 0 Å². The highest BCUT2D eigenvalue weighted by molar-refractivity contribution is 7.99. The summed E-state index contributed by atoms with van der Waals surface area (Å²) in [6.45, 7) is 0. The third-order valence-corrected chi connectivity index (χ3v) is 6.26. The summed E-state index contributed by atoms with van der Waals surface area (Å²) in [5, 5.41) is 0. The van der Waals surface area contributed by atoms with E-state index in [1.807, 2.05) is 36.0 Å².